The van der Waals surface area contributed by atoms with Gasteiger partial charge < -0.3 is 0 Å². The van der Waals surface area contributed by atoms with E-state index in [-0.39, 0.29) is 0 Å². The predicted octanol–water partition coefficient (Wildman–Crippen LogP) is 6.04. The molecule has 3 aromatic rings. The first-order valence-electron chi connectivity index (χ1n) is 6.91. The van der Waals surface area contributed by atoms with Crippen molar-refractivity contribution in [3.63, 3.8) is 0 Å². The Hall–Kier alpha value is -2.12. The molecule has 0 saturated heterocycles. The Labute approximate surface area is 133 Å². The molecule has 3 aromatic carbocycles. The first-order chi connectivity index (χ1) is 10.3. The Morgan fingerprint density at radius 3 is 1.76 bits per heavy atom. The number of hydrogen-bond acceptors (Lipinski definition) is 0. The molecule has 0 aliphatic rings. The highest BCUT2D eigenvalue weighted by molar-refractivity contribution is 9.10. The summed E-state index contributed by atoms with van der Waals surface area (Å²) in [5.74, 6) is 0. The van der Waals surface area contributed by atoms with E-state index in [1.54, 1.807) is 0 Å². The smallest absolute Gasteiger partial charge is 0.0175 e. The molecule has 0 fully saturated rings. The molecule has 0 atom stereocenters. The summed E-state index contributed by atoms with van der Waals surface area (Å²) in [7, 11) is 0. The van der Waals surface area contributed by atoms with Gasteiger partial charge in [-0.05, 0) is 40.5 Å². The zero-order chi connectivity index (χ0) is 14.5. The highest BCUT2D eigenvalue weighted by Crippen LogP contribution is 2.27. The van der Waals surface area contributed by atoms with E-state index < -0.39 is 0 Å². The van der Waals surface area contributed by atoms with E-state index >= 15 is 0 Å². The third-order valence-electron chi connectivity index (χ3n) is 3.35. The maximum absolute atomic E-state index is 3.50. The molecule has 3 rings (SSSR count). The van der Waals surface area contributed by atoms with Gasteiger partial charge in [0.25, 0.3) is 0 Å². The average molecular weight is 335 g/mol. The zero-order valence-corrected chi connectivity index (χ0v) is 13.1. The predicted molar refractivity (Wildman–Crippen MR) is 94.0 cm³/mol. The van der Waals surface area contributed by atoms with E-state index in [1.165, 1.54) is 22.3 Å². The fourth-order valence-electron chi connectivity index (χ4n) is 2.30. The molecule has 0 aliphatic heterocycles. The van der Waals surface area contributed by atoms with Crippen LogP contribution in [0.2, 0.25) is 0 Å². The second kappa shape index (κ2) is 6.55. The van der Waals surface area contributed by atoms with Crippen molar-refractivity contribution >= 4 is 27.6 Å². The maximum Gasteiger partial charge on any atom is 0.0175 e. The fraction of sp³-hybridized carbons (Fsp3) is 0. The van der Waals surface area contributed by atoms with Crippen LogP contribution in [0.3, 0.4) is 0 Å². The van der Waals surface area contributed by atoms with Crippen LogP contribution < -0.4 is 0 Å². The summed E-state index contributed by atoms with van der Waals surface area (Å²) >= 11 is 3.50. The quantitative estimate of drug-likeness (QED) is 0.512. The monoisotopic (exact) mass is 334 g/mol. The van der Waals surface area contributed by atoms with Gasteiger partial charge in [-0.15, -0.1) is 0 Å². The normalized spacial score (nSPS) is 11.4. The summed E-state index contributed by atoms with van der Waals surface area (Å²) in [6.07, 6.45) is 2.23. The summed E-state index contributed by atoms with van der Waals surface area (Å²) in [6.45, 7) is 0. The van der Waals surface area contributed by atoms with E-state index in [0.29, 0.717) is 0 Å². The maximum atomic E-state index is 3.50. The van der Waals surface area contributed by atoms with Crippen molar-refractivity contribution < 1.29 is 0 Å². The molecule has 0 bridgehead atoms. The van der Waals surface area contributed by atoms with Crippen LogP contribution in [0.1, 0.15) is 16.7 Å². The van der Waals surface area contributed by atoms with Gasteiger partial charge in [0.15, 0.2) is 0 Å². The van der Waals surface area contributed by atoms with Gasteiger partial charge >= 0.3 is 0 Å². The lowest BCUT2D eigenvalue weighted by atomic mass is 9.96. The zero-order valence-electron chi connectivity index (χ0n) is 11.5. The van der Waals surface area contributed by atoms with Crippen molar-refractivity contribution in [2.45, 2.75) is 0 Å². The van der Waals surface area contributed by atoms with Gasteiger partial charge in [-0.2, -0.15) is 0 Å². The molecule has 21 heavy (non-hydrogen) atoms. The molecule has 0 saturated carbocycles. The van der Waals surface area contributed by atoms with Crippen LogP contribution >= 0.6 is 15.9 Å². The minimum absolute atomic E-state index is 1.10. The number of benzene rings is 3. The number of rotatable bonds is 3. The van der Waals surface area contributed by atoms with Crippen LogP contribution in [0.5, 0.6) is 0 Å². The van der Waals surface area contributed by atoms with Gasteiger partial charge in [-0.3, -0.25) is 0 Å². The first kappa shape index (κ1) is 13.8. The summed E-state index contributed by atoms with van der Waals surface area (Å²) in [5.41, 5.74) is 4.88. The van der Waals surface area contributed by atoms with Gasteiger partial charge in [-0.1, -0.05) is 88.7 Å². The lowest BCUT2D eigenvalue weighted by Gasteiger charge is -2.09. The average Bonchev–Trinajstić information content (AvgIpc) is 2.55. The topological polar surface area (TPSA) is 0 Å². The molecule has 0 nitrogen and oxygen atoms in total. The summed E-state index contributed by atoms with van der Waals surface area (Å²) in [6, 6.07) is 29.4. The molecule has 0 unspecified atom stereocenters. The van der Waals surface area contributed by atoms with Crippen LogP contribution in [-0.2, 0) is 0 Å². The molecular formula is C20H15Br. The third-order valence-corrected chi connectivity index (χ3v) is 3.88. The Bertz CT molecular complexity index is 726. The SMILES string of the molecule is Brc1ccc(C(=Cc2ccccc2)c2ccccc2)cc1. The lowest BCUT2D eigenvalue weighted by molar-refractivity contribution is 1.53. The second-order valence-corrected chi connectivity index (χ2v) is 5.76. The van der Waals surface area contributed by atoms with Crippen LogP contribution in [0.4, 0.5) is 0 Å². The van der Waals surface area contributed by atoms with Crippen LogP contribution in [0, 0.1) is 0 Å². The van der Waals surface area contributed by atoms with Crippen molar-refractivity contribution in [1.82, 2.24) is 0 Å². The van der Waals surface area contributed by atoms with E-state index in [1.807, 2.05) is 12.1 Å². The highest BCUT2D eigenvalue weighted by atomic mass is 79.9. The van der Waals surface area contributed by atoms with E-state index in [4.69, 9.17) is 0 Å². The Kier molecular flexibility index (Phi) is 4.32. The standard InChI is InChI=1S/C20H15Br/c21-19-13-11-18(12-14-19)20(17-9-5-2-6-10-17)15-16-7-3-1-4-8-16/h1-15H. The number of halogens is 1. The minimum Gasteiger partial charge on any atom is -0.0622 e. The van der Waals surface area contributed by atoms with Crippen molar-refractivity contribution in [3.05, 3.63) is 106 Å². The molecule has 0 amide bonds. The van der Waals surface area contributed by atoms with E-state index in [9.17, 15) is 0 Å². The Morgan fingerprint density at radius 2 is 1.14 bits per heavy atom. The largest absolute Gasteiger partial charge is 0.0622 e. The summed E-state index contributed by atoms with van der Waals surface area (Å²) < 4.78 is 1.10. The van der Waals surface area contributed by atoms with Crippen molar-refractivity contribution in [1.29, 1.82) is 0 Å². The lowest BCUT2D eigenvalue weighted by Crippen LogP contribution is -1.88. The Morgan fingerprint density at radius 1 is 0.619 bits per heavy atom. The first-order valence-corrected chi connectivity index (χ1v) is 7.70. The number of hydrogen-bond donors (Lipinski definition) is 0. The van der Waals surface area contributed by atoms with Crippen molar-refractivity contribution in [2.24, 2.45) is 0 Å². The van der Waals surface area contributed by atoms with Crippen LogP contribution in [0.15, 0.2) is 89.4 Å². The van der Waals surface area contributed by atoms with Gasteiger partial charge in [0.2, 0.25) is 0 Å². The molecule has 0 spiro atoms. The van der Waals surface area contributed by atoms with Crippen molar-refractivity contribution in [2.75, 3.05) is 0 Å². The Balaban J connectivity index is 2.12. The molecule has 0 radical (unpaired) electrons. The second-order valence-electron chi connectivity index (χ2n) is 4.84. The molecule has 0 heterocycles. The van der Waals surface area contributed by atoms with E-state index in [0.717, 1.165) is 4.47 Å². The fourth-order valence-corrected chi connectivity index (χ4v) is 2.56. The van der Waals surface area contributed by atoms with Gasteiger partial charge in [0, 0.05) is 4.47 Å². The molecule has 0 N–H and O–H groups in total. The molecule has 0 aliphatic carbocycles. The van der Waals surface area contributed by atoms with Gasteiger partial charge in [0.05, 0.1) is 0 Å². The van der Waals surface area contributed by atoms with Crippen LogP contribution in [-0.4, -0.2) is 0 Å². The molecule has 102 valence electrons. The third kappa shape index (κ3) is 3.50. The summed E-state index contributed by atoms with van der Waals surface area (Å²) in [4.78, 5) is 0. The molecule has 1 heteroatoms. The minimum atomic E-state index is 1.10. The molecular weight excluding hydrogens is 320 g/mol. The summed E-state index contributed by atoms with van der Waals surface area (Å²) in [5, 5.41) is 0. The van der Waals surface area contributed by atoms with Gasteiger partial charge in [-0.25, -0.2) is 0 Å². The molecule has 0 aromatic heterocycles. The van der Waals surface area contributed by atoms with Crippen molar-refractivity contribution in [3.8, 4) is 0 Å². The van der Waals surface area contributed by atoms with E-state index in [2.05, 4.69) is 94.8 Å². The van der Waals surface area contributed by atoms with Crippen LogP contribution in [0.25, 0.3) is 11.6 Å². The highest BCUT2D eigenvalue weighted by Gasteiger charge is 2.05. The van der Waals surface area contributed by atoms with Gasteiger partial charge in [0.1, 0.15) is 0 Å².